The van der Waals surface area contributed by atoms with Gasteiger partial charge >= 0.3 is 0 Å². The Balaban J connectivity index is 1.48. The number of nitrogens with zero attached hydrogens (tertiary/aromatic N) is 1. The smallest absolute Gasteiger partial charge is 0.251 e. The topological polar surface area (TPSA) is 95.6 Å². The Kier molecular flexibility index (Phi) is 6.35. The van der Waals surface area contributed by atoms with Crippen LogP contribution < -0.4 is 14.9 Å². The Bertz CT molecular complexity index is 960. The molecule has 0 radical (unpaired) electrons. The minimum Gasteiger partial charge on any atom is -0.352 e. The summed E-state index contributed by atoms with van der Waals surface area (Å²) in [6.07, 6.45) is 0.749. The maximum absolute atomic E-state index is 12.2. The number of amides is 2. The molecule has 1 aliphatic rings. The Hall–Kier alpha value is -2.39. The molecule has 0 spiro atoms. The molecule has 2 aromatic carbocycles. The summed E-state index contributed by atoms with van der Waals surface area (Å²) in [6.45, 7) is 0.658. The molecule has 0 atom stereocenters. The van der Waals surface area contributed by atoms with E-state index in [1.807, 2.05) is 12.1 Å². The second-order valence-corrected chi connectivity index (χ2v) is 9.28. The molecule has 1 aliphatic heterocycles. The van der Waals surface area contributed by atoms with E-state index in [9.17, 15) is 18.0 Å². The summed E-state index contributed by atoms with van der Waals surface area (Å²) < 4.78 is 26.2. The largest absolute Gasteiger partial charge is 0.352 e. The molecular formula is C19H20BrN3O4S. The number of anilines is 2. The fourth-order valence-electron chi connectivity index (χ4n) is 2.86. The minimum absolute atomic E-state index is 0.145. The lowest BCUT2D eigenvalue weighted by Gasteiger charge is -2.17. The van der Waals surface area contributed by atoms with Gasteiger partial charge in [-0.05, 0) is 55.0 Å². The monoisotopic (exact) mass is 465 g/mol. The van der Waals surface area contributed by atoms with Crippen LogP contribution in [0.5, 0.6) is 0 Å². The van der Waals surface area contributed by atoms with Gasteiger partial charge in [-0.15, -0.1) is 0 Å². The Labute approximate surface area is 172 Å². The maximum Gasteiger partial charge on any atom is 0.251 e. The summed E-state index contributed by atoms with van der Waals surface area (Å²) in [5, 5.41) is 5.45. The SMILES string of the molecule is O=C(CCNC(=O)c1ccc(N2CCCS2(=O)=O)cc1)Nc1ccc(Br)cc1. The summed E-state index contributed by atoms with van der Waals surface area (Å²) in [4.78, 5) is 24.1. The Morgan fingerprint density at radius 1 is 1.04 bits per heavy atom. The molecule has 0 aliphatic carbocycles. The molecule has 9 heteroatoms. The number of hydrogen-bond donors (Lipinski definition) is 2. The third-order valence-corrected chi connectivity index (χ3v) is 6.68. The molecule has 1 saturated heterocycles. The molecule has 3 rings (SSSR count). The van der Waals surface area contributed by atoms with E-state index in [0.717, 1.165) is 4.47 Å². The van der Waals surface area contributed by atoms with Crippen molar-refractivity contribution in [2.24, 2.45) is 0 Å². The number of hydrogen-bond acceptors (Lipinski definition) is 4. The van der Waals surface area contributed by atoms with Crippen molar-refractivity contribution >= 4 is 49.1 Å². The number of benzene rings is 2. The van der Waals surface area contributed by atoms with Gasteiger partial charge in [0.25, 0.3) is 5.91 Å². The summed E-state index contributed by atoms with van der Waals surface area (Å²) in [5.74, 6) is -0.359. The molecule has 0 saturated carbocycles. The van der Waals surface area contributed by atoms with E-state index in [-0.39, 0.29) is 30.5 Å². The molecular weight excluding hydrogens is 446 g/mol. The summed E-state index contributed by atoms with van der Waals surface area (Å²) in [5.41, 5.74) is 1.66. The van der Waals surface area contributed by atoms with Gasteiger partial charge in [-0.25, -0.2) is 8.42 Å². The first-order valence-corrected chi connectivity index (χ1v) is 11.2. The molecule has 0 unspecified atom stereocenters. The van der Waals surface area contributed by atoms with Crippen molar-refractivity contribution in [1.29, 1.82) is 0 Å². The van der Waals surface area contributed by atoms with Gasteiger partial charge < -0.3 is 10.6 Å². The fourth-order valence-corrected chi connectivity index (χ4v) is 4.69. The number of carbonyl (C=O) groups excluding carboxylic acids is 2. The van der Waals surface area contributed by atoms with Gasteiger partial charge in [0.05, 0.1) is 11.4 Å². The molecule has 0 aromatic heterocycles. The normalized spacial score (nSPS) is 15.2. The lowest BCUT2D eigenvalue weighted by molar-refractivity contribution is -0.116. The van der Waals surface area contributed by atoms with Crippen LogP contribution in [0.15, 0.2) is 53.0 Å². The van der Waals surface area contributed by atoms with Crippen molar-refractivity contribution in [3.05, 3.63) is 58.6 Å². The zero-order valence-electron chi connectivity index (χ0n) is 15.0. The molecule has 2 N–H and O–H groups in total. The van der Waals surface area contributed by atoms with Gasteiger partial charge in [-0.2, -0.15) is 0 Å². The molecule has 2 amide bonds. The second-order valence-electron chi connectivity index (χ2n) is 6.35. The lowest BCUT2D eigenvalue weighted by Crippen LogP contribution is -2.28. The molecule has 148 valence electrons. The third kappa shape index (κ3) is 5.11. The Morgan fingerprint density at radius 2 is 1.71 bits per heavy atom. The van der Waals surface area contributed by atoms with Crippen LogP contribution >= 0.6 is 15.9 Å². The number of rotatable bonds is 6. The van der Waals surface area contributed by atoms with E-state index in [4.69, 9.17) is 0 Å². The minimum atomic E-state index is -3.24. The molecule has 2 aromatic rings. The molecule has 1 heterocycles. The van der Waals surface area contributed by atoms with E-state index < -0.39 is 10.0 Å². The average molecular weight is 466 g/mol. The predicted molar refractivity (Wildman–Crippen MR) is 112 cm³/mol. The van der Waals surface area contributed by atoms with E-state index >= 15 is 0 Å². The van der Waals surface area contributed by atoms with E-state index in [1.54, 1.807) is 36.4 Å². The predicted octanol–water partition coefficient (Wildman–Crippen LogP) is 2.75. The standard InChI is InChI=1S/C19H20BrN3O4S/c20-15-4-6-16(7-5-15)22-18(24)10-11-21-19(25)14-2-8-17(9-3-14)23-12-1-13-28(23,26)27/h2-9H,1,10-13H2,(H,21,25)(H,22,24). The first kappa shape index (κ1) is 20.3. The van der Waals surface area contributed by atoms with Crippen molar-refractivity contribution in [2.75, 3.05) is 28.5 Å². The van der Waals surface area contributed by atoms with Crippen molar-refractivity contribution < 1.29 is 18.0 Å². The van der Waals surface area contributed by atoms with E-state index in [1.165, 1.54) is 4.31 Å². The fraction of sp³-hybridized carbons (Fsp3) is 0.263. The van der Waals surface area contributed by atoms with Crippen LogP contribution in [0, 0.1) is 0 Å². The van der Waals surface area contributed by atoms with Crippen LogP contribution in [-0.2, 0) is 14.8 Å². The van der Waals surface area contributed by atoms with Crippen LogP contribution in [0.3, 0.4) is 0 Å². The van der Waals surface area contributed by atoms with Gasteiger partial charge in [0.1, 0.15) is 0 Å². The van der Waals surface area contributed by atoms with Crippen LogP contribution in [0.1, 0.15) is 23.2 Å². The zero-order chi connectivity index (χ0) is 20.1. The quantitative estimate of drug-likeness (QED) is 0.685. The van der Waals surface area contributed by atoms with Crippen molar-refractivity contribution in [2.45, 2.75) is 12.8 Å². The highest BCUT2D eigenvalue weighted by Crippen LogP contribution is 2.24. The summed E-state index contributed by atoms with van der Waals surface area (Å²) in [6, 6.07) is 13.6. The van der Waals surface area contributed by atoms with Gasteiger partial charge in [0.15, 0.2) is 0 Å². The highest BCUT2D eigenvalue weighted by atomic mass is 79.9. The van der Waals surface area contributed by atoms with Gasteiger partial charge in [-0.3, -0.25) is 13.9 Å². The highest BCUT2D eigenvalue weighted by molar-refractivity contribution is 9.10. The van der Waals surface area contributed by atoms with Crippen LogP contribution in [-0.4, -0.2) is 39.1 Å². The van der Waals surface area contributed by atoms with Gasteiger partial charge in [0.2, 0.25) is 15.9 Å². The van der Waals surface area contributed by atoms with E-state index in [2.05, 4.69) is 26.6 Å². The Morgan fingerprint density at radius 3 is 2.32 bits per heavy atom. The molecule has 0 bridgehead atoms. The average Bonchev–Trinajstić information content (AvgIpc) is 3.03. The number of sulfonamides is 1. The third-order valence-electron chi connectivity index (χ3n) is 4.28. The van der Waals surface area contributed by atoms with Crippen LogP contribution in [0.4, 0.5) is 11.4 Å². The number of halogens is 1. The maximum atomic E-state index is 12.2. The molecule has 28 heavy (non-hydrogen) atoms. The molecule has 7 nitrogen and oxygen atoms in total. The van der Waals surface area contributed by atoms with Crippen molar-refractivity contribution in [3.8, 4) is 0 Å². The summed E-state index contributed by atoms with van der Waals surface area (Å²) >= 11 is 3.33. The first-order valence-electron chi connectivity index (χ1n) is 8.79. The van der Waals surface area contributed by atoms with Crippen LogP contribution in [0.25, 0.3) is 0 Å². The summed E-state index contributed by atoms with van der Waals surface area (Å²) in [7, 11) is -3.24. The van der Waals surface area contributed by atoms with E-state index in [0.29, 0.717) is 29.9 Å². The van der Waals surface area contributed by atoms with Gasteiger partial charge in [-0.1, -0.05) is 15.9 Å². The lowest BCUT2D eigenvalue weighted by atomic mass is 10.2. The van der Waals surface area contributed by atoms with Crippen molar-refractivity contribution in [1.82, 2.24) is 5.32 Å². The highest BCUT2D eigenvalue weighted by Gasteiger charge is 2.28. The van der Waals surface area contributed by atoms with Crippen molar-refractivity contribution in [3.63, 3.8) is 0 Å². The molecule has 1 fully saturated rings. The van der Waals surface area contributed by atoms with Gasteiger partial charge in [0, 0.05) is 35.2 Å². The number of nitrogens with one attached hydrogen (secondary N) is 2. The second kappa shape index (κ2) is 8.74. The van der Waals surface area contributed by atoms with Crippen LogP contribution in [0.2, 0.25) is 0 Å². The first-order chi connectivity index (χ1) is 13.3. The zero-order valence-corrected chi connectivity index (χ0v) is 17.4. The number of carbonyl (C=O) groups is 2.